The topological polar surface area (TPSA) is 73.4 Å². The van der Waals surface area contributed by atoms with E-state index in [4.69, 9.17) is 11.3 Å². The Kier molecular flexibility index (Phi) is 5.57. The summed E-state index contributed by atoms with van der Waals surface area (Å²) in [7, 11) is 3.35. The van der Waals surface area contributed by atoms with Crippen LogP contribution in [-0.4, -0.2) is 14.1 Å². The third kappa shape index (κ3) is 3.79. The predicted molar refractivity (Wildman–Crippen MR) is 142 cm³/mol. The van der Waals surface area contributed by atoms with Gasteiger partial charge in [0.25, 0.3) is 11.1 Å². The lowest BCUT2D eigenvalue weighted by molar-refractivity contribution is 0.470. The van der Waals surface area contributed by atoms with E-state index >= 15 is 0 Å². The van der Waals surface area contributed by atoms with Crippen LogP contribution in [0.4, 0.5) is 5.69 Å². The van der Waals surface area contributed by atoms with Gasteiger partial charge in [-0.1, -0.05) is 42.5 Å². The summed E-state index contributed by atoms with van der Waals surface area (Å²) in [4.78, 5) is 32.7. The first kappa shape index (κ1) is 22.9. The van der Waals surface area contributed by atoms with Gasteiger partial charge in [0.15, 0.2) is 11.4 Å². The van der Waals surface area contributed by atoms with Crippen LogP contribution in [-0.2, 0) is 14.1 Å². The molecule has 36 heavy (non-hydrogen) atoms. The maximum Gasteiger partial charge on any atom is 0.274 e. The minimum Gasteiger partial charge on any atom is -0.455 e. The van der Waals surface area contributed by atoms with Crippen LogP contribution in [0.5, 0.6) is 11.5 Å². The van der Waals surface area contributed by atoms with Gasteiger partial charge in [-0.3, -0.25) is 9.59 Å². The number of aromatic amines is 1. The molecule has 3 heterocycles. The second kappa shape index (κ2) is 8.75. The number of para-hydroxylation sites is 2. The summed E-state index contributed by atoms with van der Waals surface area (Å²) < 4.78 is 9.37. The summed E-state index contributed by atoms with van der Waals surface area (Å²) in [6.45, 7) is 11.5. The molecule has 0 unspecified atom stereocenters. The zero-order valence-electron chi connectivity index (χ0n) is 20.4. The van der Waals surface area contributed by atoms with E-state index in [1.807, 2.05) is 50.2 Å². The van der Waals surface area contributed by atoms with E-state index in [1.165, 1.54) is 15.2 Å². The maximum atomic E-state index is 13.1. The lowest BCUT2D eigenvalue weighted by atomic mass is 10.0. The number of ether oxygens (including phenoxy) is 1. The van der Waals surface area contributed by atoms with E-state index in [1.54, 1.807) is 38.6 Å². The third-order valence-electron chi connectivity index (χ3n) is 6.38. The molecule has 7 heteroatoms. The highest BCUT2D eigenvalue weighted by Gasteiger charge is 2.19. The van der Waals surface area contributed by atoms with Crippen LogP contribution in [0.3, 0.4) is 0 Å². The van der Waals surface area contributed by atoms with Crippen LogP contribution in [0.15, 0.2) is 76.6 Å². The fourth-order valence-electron chi connectivity index (χ4n) is 4.46. The molecule has 3 aromatic heterocycles. The summed E-state index contributed by atoms with van der Waals surface area (Å²) >= 11 is 0. The van der Waals surface area contributed by atoms with Crippen molar-refractivity contribution in [1.82, 2.24) is 14.1 Å². The first-order chi connectivity index (χ1) is 17.3. The van der Waals surface area contributed by atoms with Crippen LogP contribution >= 0.6 is 0 Å². The maximum absolute atomic E-state index is 13.1. The molecule has 0 atom stereocenters. The molecule has 7 nitrogen and oxygen atoms in total. The number of aromatic nitrogens is 3. The van der Waals surface area contributed by atoms with Crippen molar-refractivity contribution in [3.05, 3.63) is 110 Å². The van der Waals surface area contributed by atoms with Gasteiger partial charge in [0.05, 0.1) is 12.8 Å². The van der Waals surface area contributed by atoms with Gasteiger partial charge in [0.1, 0.15) is 11.3 Å². The number of rotatable bonds is 4. The Labute approximate surface area is 207 Å². The molecule has 0 fully saturated rings. The van der Waals surface area contributed by atoms with Crippen LogP contribution < -0.4 is 15.9 Å². The Morgan fingerprint density at radius 2 is 1.58 bits per heavy atom. The van der Waals surface area contributed by atoms with Gasteiger partial charge >= 0.3 is 0 Å². The molecule has 5 rings (SSSR count). The first-order valence-corrected chi connectivity index (χ1v) is 11.4. The molecule has 5 aromatic rings. The van der Waals surface area contributed by atoms with Crippen LogP contribution in [0, 0.1) is 20.4 Å². The van der Waals surface area contributed by atoms with Crippen LogP contribution in [0.25, 0.3) is 38.1 Å². The highest BCUT2D eigenvalue weighted by atomic mass is 16.5. The summed E-state index contributed by atoms with van der Waals surface area (Å²) in [5.74, 6) is 1.22. The quantitative estimate of drug-likeness (QED) is 0.330. The number of H-pyrrole nitrogens is 1. The van der Waals surface area contributed by atoms with Crippen LogP contribution in [0.2, 0.25) is 0 Å². The number of hydrogen-bond donors (Lipinski definition) is 1. The zero-order chi connectivity index (χ0) is 25.6. The summed E-state index contributed by atoms with van der Waals surface area (Å²) in [6, 6.07) is 16.5. The molecule has 0 radical (unpaired) electrons. The van der Waals surface area contributed by atoms with Gasteiger partial charge in [-0.05, 0) is 31.0 Å². The second-order valence-electron chi connectivity index (χ2n) is 8.88. The van der Waals surface area contributed by atoms with Crippen molar-refractivity contribution >= 4 is 16.6 Å². The largest absolute Gasteiger partial charge is 0.455 e. The normalized spacial score (nSPS) is 11.0. The molecule has 0 saturated carbocycles. The van der Waals surface area contributed by atoms with E-state index in [0.29, 0.717) is 44.7 Å². The molecule has 0 saturated heterocycles. The molecular weight excluding hydrogens is 452 g/mol. The average Bonchev–Trinajstić information content (AvgIpc) is 3.31. The molecular formula is C29H24N4O3. The van der Waals surface area contributed by atoms with Crippen molar-refractivity contribution in [3.63, 3.8) is 0 Å². The van der Waals surface area contributed by atoms with Gasteiger partial charge in [-0.15, -0.1) is 0 Å². The number of benzene rings is 2. The van der Waals surface area contributed by atoms with E-state index in [-0.39, 0.29) is 11.1 Å². The van der Waals surface area contributed by atoms with Crippen molar-refractivity contribution in [2.45, 2.75) is 13.8 Å². The Morgan fingerprint density at radius 3 is 2.31 bits per heavy atom. The number of fused-ring (bicyclic) bond motifs is 1. The Bertz CT molecular complexity index is 1800. The standard InChI is InChI=1S/C29H24N4O3/c1-17-9-8-10-18(2)28(17)36-25-16-32(4)26(34)14-20(25)22-15-33(5)29(35)27-21(22)13-24(31-27)19-11-6-7-12-23(19)30-3/h6-16,31H,1-2,4-5H3. The fourth-order valence-corrected chi connectivity index (χ4v) is 4.46. The van der Waals surface area contributed by atoms with Crippen molar-refractivity contribution in [2.75, 3.05) is 0 Å². The van der Waals surface area contributed by atoms with Gasteiger partial charge in [-0.2, -0.15) is 0 Å². The number of nitrogens with one attached hydrogen (secondary N) is 1. The molecule has 0 spiro atoms. The highest BCUT2D eigenvalue weighted by Crippen LogP contribution is 2.39. The second-order valence-corrected chi connectivity index (χ2v) is 8.88. The average molecular weight is 477 g/mol. The summed E-state index contributed by atoms with van der Waals surface area (Å²) in [5.41, 5.74) is 5.02. The number of pyridine rings is 2. The number of nitrogens with zero attached hydrogens (tertiary/aromatic N) is 3. The van der Waals surface area contributed by atoms with E-state index in [2.05, 4.69) is 9.83 Å². The minimum absolute atomic E-state index is 0.199. The Balaban J connectivity index is 1.79. The number of aryl methyl sites for hydroxylation is 4. The van der Waals surface area contributed by atoms with Crippen LogP contribution in [0.1, 0.15) is 11.1 Å². The van der Waals surface area contributed by atoms with Gasteiger partial charge in [0.2, 0.25) is 0 Å². The summed E-state index contributed by atoms with van der Waals surface area (Å²) in [5, 5.41) is 0.646. The predicted octanol–water partition coefficient (Wildman–Crippen LogP) is 5.86. The lowest BCUT2D eigenvalue weighted by Gasteiger charge is -2.17. The molecule has 0 bridgehead atoms. The lowest BCUT2D eigenvalue weighted by Crippen LogP contribution is -2.18. The molecule has 0 aliphatic heterocycles. The first-order valence-electron chi connectivity index (χ1n) is 11.4. The molecule has 0 aliphatic carbocycles. The third-order valence-corrected chi connectivity index (χ3v) is 6.38. The van der Waals surface area contributed by atoms with Crippen molar-refractivity contribution < 1.29 is 4.74 Å². The van der Waals surface area contributed by atoms with E-state index in [9.17, 15) is 9.59 Å². The van der Waals surface area contributed by atoms with Crippen molar-refractivity contribution in [1.29, 1.82) is 0 Å². The highest BCUT2D eigenvalue weighted by molar-refractivity contribution is 5.99. The van der Waals surface area contributed by atoms with Crippen molar-refractivity contribution in [3.8, 4) is 33.9 Å². The minimum atomic E-state index is -0.207. The zero-order valence-corrected chi connectivity index (χ0v) is 20.4. The smallest absolute Gasteiger partial charge is 0.274 e. The van der Waals surface area contributed by atoms with Crippen molar-refractivity contribution in [2.24, 2.45) is 14.1 Å². The molecule has 2 aromatic carbocycles. The Morgan fingerprint density at radius 1 is 0.861 bits per heavy atom. The summed E-state index contributed by atoms with van der Waals surface area (Å²) in [6.07, 6.45) is 3.39. The molecule has 0 aliphatic rings. The Hall–Kier alpha value is -4.83. The van der Waals surface area contributed by atoms with E-state index in [0.717, 1.165) is 16.9 Å². The van der Waals surface area contributed by atoms with Gasteiger partial charge < -0.3 is 18.9 Å². The fraction of sp³-hybridized carbons (Fsp3) is 0.138. The monoisotopic (exact) mass is 476 g/mol. The van der Waals surface area contributed by atoms with Gasteiger partial charge in [-0.25, -0.2) is 4.85 Å². The molecule has 1 N–H and O–H groups in total. The SMILES string of the molecule is [C-]#[N+]c1ccccc1-c1cc2c(-c3cc(=O)n(C)cc3Oc3c(C)cccc3C)cn(C)c(=O)c2[nH]1. The van der Waals surface area contributed by atoms with Gasteiger partial charge in [0, 0.05) is 54.1 Å². The number of hydrogen-bond acceptors (Lipinski definition) is 3. The van der Waals surface area contributed by atoms with E-state index < -0.39 is 0 Å². The molecule has 178 valence electrons. The molecule has 0 amide bonds.